The number of nitrogens with zero attached hydrogens (tertiary/aromatic N) is 3. The summed E-state index contributed by atoms with van der Waals surface area (Å²) in [5, 5.41) is 7.30. The smallest absolute Gasteiger partial charge is 0.195 e. The fourth-order valence-corrected chi connectivity index (χ4v) is 3.12. The lowest BCUT2D eigenvalue weighted by Crippen LogP contribution is -2.05. The molecule has 3 rings (SSSR count). The van der Waals surface area contributed by atoms with Gasteiger partial charge in [0.15, 0.2) is 10.6 Å². The van der Waals surface area contributed by atoms with Crippen molar-refractivity contribution in [1.82, 2.24) is 19.7 Å². The van der Waals surface area contributed by atoms with Gasteiger partial charge in [0.25, 0.3) is 0 Å². The molecule has 0 saturated heterocycles. The van der Waals surface area contributed by atoms with Crippen molar-refractivity contribution >= 4 is 12.2 Å². The summed E-state index contributed by atoms with van der Waals surface area (Å²) in [4.78, 5) is 4.74. The average Bonchev–Trinajstić information content (AvgIpc) is 2.93. The van der Waals surface area contributed by atoms with E-state index < -0.39 is 0 Å². The Bertz CT molecular complexity index is 681. The van der Waals surface area contributed by atoms with E-state index in [1.54, 1.807) is 0 Å². The molecule has 19 heavy (non-hydrogen) atoms. The highest BCUT2D eigenvalue weighted by molar-refractivity contribution is 7.71. The monoisotopic (exact) mass is 274 g/mol. The van der Waals surface area contributed by atoms with E-state index >= 15 is 0 Å². The highest BCUT2D eigenvalue weighted by atomic mass is 32.1. The fourth-order valence-electron chi connectivity index (χ4n) is 2.78. The second-order valence-electron chi connectivity index (χ2n) is 5.40. The van der Waals surface area contributed by atoms with Crippen molar-refractivity contribution in [3.8, 4) is 11.4 Å². The molecule has 0 spiro atoms. The van der Waals surface area contributed by atoms with Crippen LogP contribution in [0.5, 0.6) is 0 Å². The zero-order valence-corrected chi connectivity index (χ0v) is 12.3. The lowest BCUT2D eigenvalue weighted by molar-refractivity contribution is 0.596. The predicted octanol–water partition coefficient (Wildman–Crippen LogP) is 3.38. The highest BCUT2D eigenvalue weighted by Gasteiger charge is 2.19. The Hall–Kier alpha value is -1.49. The molecule has 4 nitrogen and oxygen atoms in total. The molecule has 2 aromatic heterocycles. The summed E-state index contributed by atoms with van der Waals surface area (Å²) in [6.07, 6.45) is 3.44. The van der Waals surface area contributed by atoms with E-state index in [0.717, 1.165) is 29.9 Å². The van der Waals surface area contributed by atoms with E-state index in [0.29, 0.717) is 4.77 Å². The van der Waals surface area contributed by atoms with Gasteiger partial charge in [-0.25, -0.2) is 0 Å². The molecule has 1 N–H and O–H groups in total. The van der Waals surface area contributed by atoms with Crippen molar-refractivity contribution in [2.75, 3.05) is 0 Å². The van der Waals surface area contributed by atoms with Crippen LogP contribution in [0.2, 0.25) is 0 Å². The molecule has 0 radical (unpaired) electrons. The first kappa shape index (κ1) is 12.5. The van der Waals surface area contributed by atoms with Crippen LogP contribution in [0, 0.1) is 11.7 Å². The maximum Gasteiger partial charge on any atom is 0.195 e. The molecule has 0 atom stereocenters. The topological polar surface area (TPSA) is 46.5 Å². The molecule has 5 heteroatoms. The molecular weight excluding hydrogens is 256 g/mol. The van der Waals surface area contributed by atoms with Crippen LogP contribution in [-0.2, 0) is 12.8 Å². The fraction of sp³-hybridized carbons (Fsp3) is 0.500. The van der Waals surface area contributed by atoms with E-state index in [-0.39, 0.29) is 6.04 Å². The van der Waals surface area contributed by atoms with Crippen molar-refractivity contribution in [2.45, 2.75) is 46.1 Å². The van der Waals surface area contributed by atoms with E-state index in [9.17, 15) is 0 Å². The molecule has 0 fully saturated rings. The molecule has 1 aliphatic carbocycles. The van der Waals surface area contributed by atoms with Crippen molar-refractivity contribution in [3.63, 3.8) is 0 Å². The van der Waals surface area contributed by atoms with Crippen LogP contribution in [0.15, 0.2) is 6.07 Å². The standard InChI is InChI=1S/C14H18N4S/c1-8(2)18-13(16-17-14(18)19)11-7-10-5-4-6-12(10)15-9(11)3/h7-8H,4-6H2,1-3H3,(H,17,19). The Morgan fingerprint density at radius 3 is 2.89 bits per heavy atom. The number of aryl methyl sites for hydroxylation is 3. The van der Waals surface area contributed by atoms with Gasteiger partial charge < -0.3 is 0 Å². The van der Waals surface area contributed by atoms with Gasteiger partial charge in [-0.1, -0.05) is 0 Å². The summed E-state index contributed by atoms with van der Waals surface area (Å²) in [5.41, 5.74) is 4.76. The lowest BCUT2D eigenvalue weighted by atomic mass is 10.1. The molecule has 100 valence electrons. The Morgan fingerprint density at radius 1 is 1.37 bits per heavy atom. The number of H-pyrrole nitrogens is 1. The maximum absolute atomic E-state index is 5.32. The molecule has 2 aromatic rings. The Morgan fingerprint density at radius 2 is 2.16 bits per heavy atom. The van der Waals surface area contributed by atoms with Gasteiger partial charge in [0.1, 0.15) is 0 Å². The molecule has 0 aromatic carbocycles. The number of hydrogen-bond donors (Lipinski definition) is 1. The zero-order valence-electron chi connectivity index (χ0n) is 11.5. The quantitative estimate of drug-likeness (QED) is 0.854. The number of hydrogen-bond acceptors (Lipinski definition) is 3. The van der Waals surface area contributed by atoms with Crippen molar-refractivity contribution < 1.29 is 0 Å². The number of fused-ring (bicyclic) bond motifs is 1. The second kappa shape index (κ2) is 4.56. The largest absolute Gasteiger partial charge is 0.298 e. The molecule has 0 unspecified atom stereocenters. The SMILES string of the molecule is Cc1nc2c(cc1-c1n[nH]c(=S)n1C(C)C)CCC2. The van der Waals surface area contributed by atoms with Crippen molar-refractivity contribution in [1.29, 1.82) is 0 Å². The summed E-state index contributed by atoms with van der Waals surface area (Å²) in [6.45, 7) is 6.28. The van der Waals surface area contributed by atoms with Crippen LogP contribution in [0.25, 0.3) is 11.4 Å². The first-order valence-corrected chi connectivity index (χ1v) is 7.15. The Balaban J connectivity index is 2.20. The lowest BCUT2D eigenvalue weighted by Gasteiger charge is -2.13. The van der Waals surface area contributed by atoms with Crippen LogP contribution in [0.1, 0.15) is 43.3 Å². The minimum Gasteiger partial charge on any atom is -0.298 e. The number of aromatic nitrogens is 4. The van der Waals surface area contributed by atoms with E-state index in [1.807, 2.05) is 0 Å². The van der Waals surface area contributed by atoms with E-state index in [4.69, 9.17) is 17.2 Å². The average molecular weight is 274 g/mol. The number of nitrogens with one attached hydrogen (secondary N) is 1. The van der Waals surface area contributed by atoms with Crippen molar-refractivity contribution in [3.05, 3.63) is 27.8 Å². The minimum atomic E-state index is 0.286. The minimum absolute atomic E-state index is 0.286. The van der Waals surface area contributed by atoms with Gasteiger partial charge in [-0.15, -0.1) is 0 Å². The molecule has 0 saturated carbocycles. The summed E-state index contributed by atoms with van der Waals surface area (Å²) >= 11 is 5.32. The third kappa shape index (κ3) is 2.02. The van der Waals surface area contributed by atoms with Crippen LogP contribution in [0.3, 0.4) is 0 Å². The molecule has 1 aliphatic rings. The zero-order chi connectivity index (χ0) is 13.6. The number of rotatable bonds is 2. The first-order chi connectivity index (χ1) is 9.08. The molecular formula is C14H18N4S. The Labute approximate surface area is 117 Å². The third-order valence-corrected chi connectivity index (χ3v) is 3.99. The van der Waals surface area contributed by atoms with Crippen molar-refractivity contribution in [2.24, 2.45) is 0 Å². The van der Waals surface area contributed by atoms with E-state index in [2.05, 4.69) is 41.6 Å². The van der Waals surface area contributed by atoms with Gasteiger partial charge in [0.05, 0.1) is 0 Å². The first-order valence-electron chi connectivity index (χ1n) is 6.74. The normalized spacial score (nSPS) is 14.1. The summed E-state index contributed by atoms with van der Waals surface area (Å²) < 4.78 is 2.73. The number of pyridine rings is 1. The third-order valence-electron chi connectivity index (χ3n) is 3.70. The predicted molar refractivity (Wildman–Crippen MR) is 77.8 cm³/mol. The van der Waals surface area contributed by atoms with Gasteiger partial charge >= 0.3 is 0 Å². The van der Waals surface area contributed by atoms with Crippen LogP contribution < -0.4 is 0 Å². The molecule has 0 bridgehead atoms. The number of aromatic amines is 1. The Kier molecular flexibility index (Phi) is 3.01. The van der Waals surface area contributed by atoms with Gasteiger partial charge in [-0.2, -0.15) is 5.10 Å². The molecule has 2 heterocycles. The van der Waals surface area contributed by atoms with Gasteiger partial charge in [-0.05, 0) is 63.9 Å². The molecule has 0 aliphatic heterocycles. The second-order valence-corrected chi connectivity index (χ2v) is 5.78. The van der Waals surface area contributed by atoms with E-state index in [1.165, 1.54) is 17.7 Å². The van der Waals surface area contributed by atoms with Crippen LogP contribution in [-0.4, -0.2) is 19.7 Å². The van der Waals surface area contributed by atoms with Gasteiger partial charge in [0, 0.05) is 23.0 Å². The van der Waals surface area contributed by atoms with Crippen LogP contribution >= 0.6 is 12.2 Å². The van der Waals surface area contributed by atoms with Gasteiger partial charge in [0.2, 0.25) is 0 Å². The highest BCUT2D eigenvalue weighted by Crippen LogP contribution is 2.29. The summed E-state index contributed by atoms with van der Waals surface area (Å²) in [5.74, 6) is 0.903. The van der Waals surface area contributed by atoms with Crippen LogP contribution in [0.4, 0.5) is 0 Å². The summed E-state index contributed by atoms with van der Waals surface area (Å²) in [7, 11) is 0. The molecule has 0 amide bonds. The summed E-state index contributed by atoms with van der Waals surface area (Å²) in [6, 6.07) is 2.53. The van der Waals surface area contributed by atoms with Gasteiger partial charge in [-0.3, -0.25) is 14.6 Å². The maximum atomic E-state index is 5.32.